The molecule has 0 unspecified atom stereocenters. The Morgan fingerprint density at radius 1 is 1.29 bits per heavy atom. The molecule has 21 heavy (non-hydrogen) atoms. The average Bonchev–Trinajstić information content (AvgIpc) is 2.49. The zero-order valence-corrected chi connectivity index (χ0v) is 12.9. The minimum atomic E-state index is 0.123. The van der Waals surface area contributed by atoms with E-state index in [9.17, 15) is 4.79 Å². The van der Waals surface area contributed by atoms with Crippen LogP contribution in [-0.4, -0.2) is 51.1 Å². The predicted octanol–water partition coefficient (Wildman–Crippen LogP) is 1.57. The topological polar surface area (TPSA) is 53.6 Å². The van der Waals surface area contributed by atoms with Gasteiger partial charge in [0.25, 0.3) is 0 Å². The Balaban J connectivity index is 1.80. The summed E-state index contributed by atoms with van der Waals surface area (Å²) < 4.78 is 5.63. The SMILES string of the molecule is CN(C)CCOc1ccc(NC(=O)C2CCNCC2)cc1. The van der Waals surface area contributed by atoms with E-state index in [-0.39, 0.29) is 11.8 Å². The minimum Gasteiger partial charge on any atom is -0.492 e. The second-order valence-corrected chi connectivity index (χ2v) is 5.69. The molecule has 1 heterocycles. The molecule has 1 amide bonds. The first-order valence-corrected chi connectivity index (χ1v) is 7.54. The summed E-state index contributed by atoms with van der Waals surface area (Å²) in [6.45, 7) is 3.40. The van der Waals surface area contributed by atoms with Crippen LogP contribution in [-0.2, 0) is 4.79 Å². The molecule has 5 nitrogen and oxygen atoms in total. The molecular weight excluding hydrogens is 266 g/mol. The Morgan fingerprint density at radius 3 is 2.57 bits per heavy atom. The molecule has 2 N–H and O–H groups in total. The Hall–Kier alpha value is -1.59. The molecule has 0 spiro atoms. The third kappa shape index (κ3) is 5.36. The Bertz CT molecular complexity index is 439. The summed E-state index contributed by atoms with van der Waals surface area (Å²) >= 11 is 0. The van der Waals surface area contributed by atoms with Crippen LogP contribution in [0.1, 0.15) is 12.8 Å². The highest BCUT2D eigenvalue weighted by molar-refractivity contribution is 5.92. The van der Waals surface area contributed by atoms with Crippen LogP contribution in [0.4, 0.5) is 5.69 Å². The van der Waals surface area contributed by atoms with Crippen LogP contribution in [0.2, 0.25) is 0 Å². The number of carbonyl (C=O) groups is 1. The maximum Gasteiger partial charge on any atom is 0.227 e. The van der Waals surface area contributed by atoms with Gasteiger partial charge in [0, 0.05) is 18.2 Å². The maximum atomic E-state index is 12.1. The van der Waals surface area contributed by atoms with E-state index >= 15 is 0 Å². The van der Waals surface area contributed by atoms with Crippen molar-refractivity contribution in [3.63, 3.8) is 0 Å². The van der Waals surface area contributed by atoms with Gasteiger partial charge in [0.15, 0.2) is 0 Å². The largest absolute Gasteiger partial charge is 0.492 e. The van der Waals surface area contributed by atoms with Crippen LogP contribution < -0.4 is 15.4 Å². The summed E-state index contributed by atoms with van der Waals surface area (Å²) in [4.78, 5) is 14.2. The van der Waals surface area contributed by atoms with Gasteiger partial charge in [0.1, 0.15) is 12.4 Å². The average molecular weight is 291 g/mol. The first-order valence-electron chi connectivity index (χ1n) is 7.54. The molecule has 0 aliphatic carbocycles. The third-order valence-corrected chi connectivity index (χ3v) is 3.64. The van der Waals surface area contributed by atoms with Crippen LogP contribution in [0, 0.1) is 5.92 Å². The highest BCUT2D eigenvalue weighted by Gasteiger charge is 2.20. The molecule has 5 heteroatoms. The van der Waals surface area contributed by atoms with Crippen molar-refractivity contribution >= 4 is 11.6 Å². The van der Waals surface area contributed by atoms with E-state index < -0.39 is 0 Å². The summed E-state index contributed by atoms with van der Waals surface area (Å²) in [5, 5.41) is 6.25. The number of ether oxygens (including phenoxy) is 1. The van der Waals surface area contributed by atoms with Crippen molar-refractivity contribution in [1.82, 2.24) is 10.2 Å². The van der Waals surface area contributed by atoms with Gasteiger partial charge in [-0.3, -0.25) is 4.79 Å². The molecule has 0 atom stereocenters. The van der Waals surface area contributed by atoms with Gasteiger partial charge in [-0.2, -0.15) is 0 Å². The van der Waals surface area contributed by atoms with E-state index in [1.807, 2.05) is 38.4 Å². The predicted molar refractivity (Wildman–Crippen MR) is 84.7 cm³/mol. The number of nitrogens with one attached hydrogen (secondary N) is 2. The molecule has 1 aromatic rings. The molecule has 0 saturated carbocycles. The molecule has 116 valence electrons. The minimum absolute atomic E-state index is 0.123. The number of rotatable bonds is 6. The van der Waals surface area contributed by atoms with Gasteiger partial charge in [0.05, 0.1) is 0 Å². The van der Waals surface area contributed by atoms with Crippen LogP contribution in [0.3, 0.4) is 0 Å². The normalized spacial score (nSPS) is 16.0. The van der Waals surface area contributed by atoms with E-state index in [1.165, 1.54) is 0 Å². The van der Waals surface area contributed by atoms with Gasteiger partial charge >= 0.3 is 0 Å². The second kappa shape index (κ2) is 8.00. The van der Waals surface area contributed by atoms with E-state index in [0.29, 0.717) is 6.61 Å². The summed E-state index contributed by atoms with van der Waals surface area (Å²) in [5.74, 6) is 1.08. The number of likely N-dealkylation sites (N-methyl/N-ethyl adjacent to an activating group) is 1. The molecular formula is C16H25N3O2. The lowest BCUT2D eigenvalue weighted by Crippen LogP contribution is -2.34. The van der Waals surface area contributed by atoms with Crippen molar-refractivity contribution in [3.8, 4) is 5.75 Å². The summed E-state index contributed by atoms with van der Waals surface area (Å²) in [7, 11) is 4.03. The molecule has 1 saturated heterocycles. The van der Waals surface area contributed by atoms with Crippen molar-refractivity contribution in [2.45, 2.75) is 12.8 Å². The fourth-order valence-electron chi connectivity index (χ4n) is 2.31. The van der Waals surface area contributed by atoms with E-state index in [2.05, 4.69) is 15.5 Å². The van der Waals surface area contributed by atoms with Gasteiger partial charge in [-0.25, -0.2) is 0 Å². The number of nitrogens with zero attached hydrogens (tertiary/aromatic N) is 1. The Kier molecular flexibility index (Phi) is 6.02. The van der Waals surface area contributed by atoms with Gasteiger partial charge in [-0.1, -0.05) is 0 Å². The van der Waals surface area contributed by atoms with Gasteiger partial charge < -0.3 is 20.3 Å². The first-order chi connectivity index (χ1) is 10.1. The molecule has 2 rings (SSSR count). The number of hydrogen-bond acceptors (Lipinski definition) is 4. The van der Waals surface area contributed by atoms with Crippen LogP contribution in [0.25, 0.3) is 0 Å². The monoisotopic (exact) mass is 291 g/mol. The van der Waals surface area contributed by atoms with Crippen LogP contribution in [0.15, 0.2) is 24.3 Å². The molecule has 0 bridgehead atoms. The van der Waals surface area contributed by atoms with Crippen molar-refractivity contribution in [2.24, 2.45) is 5.92 Å². The first kappa shape index (κ1) is 15.8. The number of piperidine rings is 1. The Morgan fingerprint density at radius 2 is 1.95 bits per heavy atom. The molecule has 1 aliphatic rings. The fraction of sp³-hybridized carbons (Fsp3) is 0.562. The number of carbonyl (C=O) groups excluding carboxylic acids is 1. The van der Waals surface area contributed by atoms with Crippen molar-refractivity contribution < 1.29 is 9.53 Å². The third-order valence-electron chi connectivity index (χ3n) is 3.64. The standard InChI is InChI=1S/C16H25N3O2/c1-19(2)11-12-21-15-5-3-14(4-6-15)18-16(20)13-7-9-17-10-8-13/h3-6,13,17H,7-12H2,1-2H3,(H,18,20). The fourth-order valence-corrected chi connectivity index (χ4v) is 2.31. The van der Waals surface area contributed by atoms with E-state index in [0.717, 1.165) is 43.9 Å². The maximum absolute atomic E-state index is 12.1. The Labute approximate surface area is 126 Å². The van der Waals surface area contributed by atoms with E-state index in [1.54, 1.807) is 0 Å². The lowest BCUT2D eigenvalue weighted by Gasteiger charge is -2.21. The molecule has 1 aromatic carbocycles. The molecule has 1 aliphatic heterocycles. The summed E-state index contributed by atoms with van der Waals surface area (Å²) in [6.07, 6.45) is 1.83. The van der Waals surface area contributed by atoms with Crippen LogP contribution >= 0.6 is 0 Å². The van der Waals surface area contributed by atoms with Crippen LogP contribution in [0.5, 0.6) is 5.75 Å². The van der Waals surface area contributed by atoms with Gasteiger partial charge in [-0.05, 0) is 64.3 Å². The van der Waals surface area contributed by atoms with Crippen molar-refractivity contribution in [3.05, 3.63) is 24.3 Å². The summed E-state index contributed by atoms with van der Waals surface area (Å²) in [5.41, 5.74) is 0.832. The highest BCUT2D eigenvalue weighted by Crippen LogP contribution is 2.18. The van der Waals surface area contributed by atoms with Gasteiger partial charge in [-0.15, -0.1) is 0 Å². The summed E-state index contributed by atoms with van der Waals surface area (Å²) in [6, 6.07) is 7.58. The molecule has 0 aromatic heterocycles. The molecule has 1 fully saturated rings. The lowest BCUT2D eigenvalue weighted by atomic mass is 9.97. The second-order valence-electron chi connectivity index (χ2n) is 5.69. The lowest BCUT2D eigenvalue weighted by molar-refractivity contribution is -0.120. The zero-order valence-electron chi connectivity index (χ0n) is 12.9. The van der Waals surface area contributed by atoms with Crippen molar-refractivity contribution in [2.75, 3.05) is 45.7 Å². The zero-order chi connectivity index (χ0) is 15.1. The smallest absolute Gasteiger partial charge is 0.227 e. The van der Waals surface area contributed by atoms with Crippen molar-refractivity contribution in [1.29, 1.82) is 0 Å². The quantitative estimate of drug-likeness (QED) is 0.835. The van der Waals surface area contributed by atoms with Gasteiger partial charge in [0.2, 0.25) is 5.91 Å². The highest BCUT2D eigenvalue weighted by atomic mass is 16.5. The number of amides is 1. The number of anilines is 1. The number of hydrogen-bond donors (Lipinski definition) is 2. The molecule has 0 radical (unpaired) electrons. The van der Waals surface area contributed by atoms with E-state index in [4.69, 9.17) is 4.74 Å². The number of benzene rings is 1.